The molecule has 0 radical (unpaired) electrons. The van der Waals surface area contributed by atoms with Crippen molar-refractivity contribution in [3.05, 3.63) is 77.7 Å². The zero-order chi connectivity index (χ0) is 17.3. The van der Waals surface area contributed by atoms with Crippen LogP contribution >= 0.6 is 0 Å². The van der Waals surface area contributed by atoms with Crippen molar-refractivity contribution < 1.29 is 14.7 Å². The topological polar surface area (TPSA) is 92.3 Å². The lowest BCUT2D eigenvalue weighted by Crippen LogP contribution is -2.39. The average molecular weight is 337 g/mol. The van der Waals surface area contributed by atoms with E-state index in [-0.39, 0.29) is 5.92 Å². The summed E-state index contributed by atoms with van der Waals surface area (Å²) >= 11 is 0. The van der Waals surface area contributed by atoms with Crippen molar-refractivity contribution in [2.45, 2.75) is 36.9 Å². The van der Waals surface area contributed by atoms with Gasteiger partial charge in [-0.15, -0.1) is 0 Å². The van der Waals surface area contributed by atoms with Crippen molar-refractivity contribution in [2.75, 3.05) is 0 Å². The number of benzene rings is 1. The summed E-state index contributed by atoms with van der Waals surface area (Å²) in [5, 5.41) is 24.9. The fraction of sp³-hybridized carbons (Fsp3) is 0.316. The average Bonchev–Trinajstić information content (AvgIpc) is 3.08. The molecule has 1 saturated carbocycles. The molecule has 6 nitrogen and oxygen atoms in total. The van der Waals surface area contributed by atoms with E-state index in [1.807, 2.05) is 42.5 Å². The van der Waals surface area contributed by atoms with E-state index in [9.17, 15) is 10.2 Å². The quantitative estimate of drug-likeness (QED) is 0.743. The van der Waals surface area contributed by atoms with Gasteiger partial charge in [0.1, 0.15) is 0 Å². The number of aliphatic hydroxyl groups excluding tert-OH is 1. The Bertz CT molecular complexity index is 829. The third-order valence-corrected chi connectivity index (χ3v) is 4.78. The third-order valence-electron chi connectivity index (χ3n) is 4.78. The molecule has 0 bridgehead atoms. The second-order valence-corrected chi connectivity index (χ2v) is 6.55. The maximum atomic E-state index is 10.7. The molecule has 6 heteroatoms. The number of rotatable bonds is 5. The molecule has 3 aromatic rings. The number of aromatic nitrogens is 3. The van der Waals surface area contributed by atoms with E-state index in [1.54, 1.807) is 12.4 Å². The lowest BCUT2D eigenvalue weighted by atomic mass is 9.67. The minimum Gasteiger partial charge on any atom is -0.388 e. The molecule has 4 rings (SSSR count). The highest BCUT2D eigenvalue weighted by molar-refractivity contribution is 5.25. The molecule has 1 fully saturated rings. The molecule has 1 aliphatic rings. The van der Waals surface area contributed by atoms with E-state index in [2.05, 4.69) is 15.1 Å². The Balaban J connectivity index is 1.40. The minimum absolute atomic E-state index is 0.0354. The van der Waals surface area contributed by atoms with Crippen molar-refractivity contribution >= 4 is 0 Å². The normalized spacial score (nSPS) is 23.8. The molecule has 0 aliphatic heterocycles. The Morgan fingerprint density at radius 3 is 2.56 bits per heavy atom. The van der Waals surface area contributed by atoms with Crippen molar-refractivity contribution in [3.63, 3.8) is 0 Å². The molecule has 2 aromatic heterocycles. The predicted molar refractivity (Wildman–Crippen MR) is 89.5 cm³/mol. The molecule has 25 heavy (non-hydrogen) atoms. The van der Waals surface area contributed by atoms with Crippen LogP contribution in [0.5, 0.6) is 0 Å². The lowest BCUT2D eigenvalue weighted by Gasteiger charge is -2.42. The highest BCUT2D eigenvalue weighted by atomic mass is 16.5. The van der Waals surface area contributed by atoms with Gasteiger partial charge in [0, 0.05) is 24.7 Å². The van der Waals surface area contributed by atoms with Crippen LogP contribution in [0.15, 0.2) is 59.4 Å². The minimum atomic E-state index is -0.855. The molecule has 0 saturated heterocycles. The first-order chi connectivity index (χ1) is 12.1. The van der Waals surface area contributed by atoms with Gasteiger partial charge in [-0.05, 0) is 36.1 Å². The second-order valence-electron chi connectivity index (χ2n) is 6.55. The number of hydrogen-bond donors (Lipinski definition) is 2. The van der Waals surface area contributed by atoms with Gasteiger partial charge >= 0.3 is 0 Å². The predicted octanol–water partition coefficient (Wildman–Crippen LogP) is 2.51. The first kappa shape index (κ1) is 15.9. The van der Waals surface area contributed by atoms with Gasteiger partial charge in [-0.3, -0.25) is 4.98 Å². The van der Waals surface area contributed by atoms with Gasteiger partial charge in [-0.25, -0.2) is 0 Å². The number of aliphatic hydroxyl groups is 2. The summed E-state index contributed by atoms with van der Waals surface area (Å²) in [6.07, 6.45) is 4.07. The molecule has 0 unspecified atom stereocenters. The summed E-state index contributed by atoms with van der Waals surface area (Å²) in [5.41, 5.74) is 0.828. The molecule has 2 heterocycles. The Labute approximate surface area is 145 Å². The largest absolute Gasteiger partial charge is 0.388 e. The van der Waals surface area contributed by atoms with Crippen LogP contribution in [-0.2, 0) is 12.0 Å². The van der Waals surface area contributed by atoms with E-state index in [0.717, 1.165) is 11.1 Å². The van der Waals surface area contributed by atoms with Gasteiger partial charge in [0.05, 0.1) is 11.7 Å². The van der Waals surface area contributed by atoms with Gasteiger partial charge in [-0.1, -0.05) is 35.5 Å². The van der Waals surface area contributed by atoms with Gasteiger partial charge in [0.25, 0.3) is 0 Å². The molecule has 0 spiro atoms. The molecule has 1 aliphatic carbocycles. The maximum Gasteiger partial charge on any atom is 0.230 e. The first-order valence-corrected chi connectivity index (χ1v) is 8.32. The third kappa shape index (κ3) is 3.18. The summed E-state index contributed by atoms with van der Waals surface area (Å²) in [4.78, 5) is 8.37. The highest BCUT2D eigenvalue weighted by Gasteiger charge is 2.47. The fourth-order valence-corrected chi connectivity index (χ4v) is 3.31. The molecule has 0 amide bonds. The van der Waals surface area contributed by atoms with E-state index in [1.165, 1.54) is 0 Å². The molecule has 1 aromatic carbocycles. The van der Waals surface area contributed by atoms with Crippen LogP contribution in [0.25, 0.3) is 0 Å². The van der Waals surface area contributed by atoms with Crippen molar-refractivity contribution in [2.24, 2.45) is 0 Å². The van der Waals surface area contributed by atoms with Crippen molar-refractivity contribution in [1.82, 2.24) is 15.1 Å². The maximum absolute atomic E-state index is 10.7. The van der Waals surface area contributed by atoms with Crippen LogP contribution in [0.1, 0.15) is 47.7 Å². The Kier molecular flexibility index (Phi) is 4.07. The number of pyridine rings is 1. The zero-order valence-corrected chi connectivity index (χ0v) is 13.6. The van der Waals surface area contributed by atoms with Crippen LogP contribution in [-0.4, -0.2) is 25.3 Å². The van der Waals surface area contributed by atoms with Gasteiger partial charge < -0.3 is 14.7 Å². The van der Waals surface area contributed by atoms with Crippen LogP contribution in [0.2, 0.25) is 0 Å². The first-order valence-electron chi connectivity index (χ1n) is 8.32. The van der Waals surface area contributed by atoms with Gasteiger partial charge in [-0.2, -0.15) is 4.98 Å². The van der Waals surface area contributed by atoms with Crippen molar-refractivity contribution in [3.8, 4) is 0 Å². The van der Waals surface area contributed by atoms with E-state index in [4.69, 9.17) is 4.52 Å². The fourth-order valence-electron chi connectivity index (χ4n) is 3.31. The molecule has 128 valence electrons. The monoisotopic (exact) mass is 337 g/mol. The highest BCUT2D eigenvalue weighted by Crippen LogP contribution is 2.50. The molecular weight excluding hydrogens is 318 g/mol. The Morgan fingerprint density at radius 1 is 1.12 bits per heavy atom. The Morgan fingerprint density at radius 2 is 1.84 bits per heavy atom. The Hall–Kier alpha value is -2.57. The molecule has 2 N–H and O–H groups in total. The van der Waals surface area contributed by atoms with Crippen LogP contribution in [0.4, 0.5) is 0 Å². The summed E-state index contributed by atoms with van der Waals surface area (Å²) in [6, 6.07) is 13.1. The van der Waals surface area contributed by atoms with Crippen LogP contribution in [0.3, 0.4) is 0 Å². The van der Waals surface area contributed by atoms with E-state index in [0.29, 0.717) is 31.0 Å². The van der Waals surface area contributed by atoms with Gasteiger partial charge in [0.2, 0.25) is 5.89 Å². The van der Waals surface area contributed by atoms with Crippen LogP contribution < -0.4 is 0 Å². The SMILES string of the molecule is O[C@H](Cc1noc(C2CC(O)(c3ccncc3)C2)n1)c1ccccc1. The van der Waals surface area contributed by atoms with Crippen LogP contribution in [0, 0.1) is 0 Å². The summed E-state index contributed by atoms with van der Waals surface area (Å²) in [5.74, 6) is 1.04. The zero-order valence-electron chi connectivity index (χ0n) is 13.6. The summed E-state index contributed by atoms with van der Waals surface area (Å²) < 4.78 is 5.34. The second kappa shape index (κ2) is 6.38. The number of hydrogen-bond acceptors (Lipinski definition) is 6. The summed E-state index contributed by atoms with van der Waals surface area (Å²) in [6.45, 7) is 0. The smallest absolute Gasteiger partial charge is 0.230 e. The van der Waals surface area contributed by atoms with E-state index >= 15 is 0 Å². The molecule has 1 atom stereocenters. The van der Waals surface area contributed by atoms with Crippen molar-refractivity contribution in [1.29, 1.82) is 0 Å². The standard InChI is InChI=1S/C19H19N3O3/c23-16(13-4-2-1-3-5-13)10-17-21-18(25-22-17)14-11-19(24,12-14)15-6-8-20-9-7-15/h1-9,14,16,23-24H,10-12H2/t14?,16-,19?/m1/s1. The number of nitrogens with zero attached hydrogens (tertiary/aromatic N) is 3. The summed E-state index contributed by atoms with van der Waals surface area (Å²) in [7, 11) is 0. The molecular formula is C19H19N3O3. The van der Waals surface area contributed by atoms with E-state index < -0.39 is 11.7 Å². The van der Waals surface area contributed by atoms with Gasteiger partial charge in [0.15, 0.2) is 5.82 Å². The lowest BCUT2D eigenvalue weighted by molar-refractivity contribution is -0.0618.